The molecular weight excluding hydrogens is 238 g/mol. The molecule has 0 aromatic heterocycles. The highest BCUT2D eigenvalue weighted by Gasteiger charge is 2.33. The molecule has 2 aliphatic rings. The van der Waals surface area contributed by atoms with Gasteiger partial charge in [0.05, 0.1) is 6.54 Å². The van der Waals surface area contributed by atoms with Gasteiger partial charge in [0.25, 0.3) is 0 Å². The summed E-state index contributed by atoms with van der Waals surface area (Å²) in [6.07, 6.45) is 6.20. The van der Waals surface area contributed by atoms with Crippen LogP contribution in [0.3, 0.4) is 0 Å². The minimum absolute atomic E-state index is 0.341. The van der Waals surface area contributed by atoms with Crippen molar-refractivity contribution >= 4 is 5.91 Å². The highest BCUT2D eigenvalue weighted by atomic mass is 16.2. The van der Waals surface area contributed by atoms with Crippen LogP contribution >= 0.6 is 0 Å². The van der Waals surface area contributed by atoms with Crippen LogP contribution in [0.4, 0.5) is 0 Å². The van der Waals surface area contributed by atoms with Crippen LogP contribution in [0.1, 0.15) is 46.0 Å². The average molecular weight is 267 g/mol. The van der Waals surface area contributed by atoms with Gasteiger partial charge in [-0.05, 0) is 45.7 Å². The van der Waals surface area contributed by atoms with Gasteiger partial charge in [0, 0.05) is 25.2 Å². The van der Waals surface area contributed by atoms with E-state index in [0.29, 0.717) is 24.5 Å². The van der Waals surface area contributed by atoms with E-state index in [2.05, 4.69) is 29.0 Å². The Bertz CT molecular complexity index is 291. The van der Waals surface area contributed by atoms with Crippen molar-refractivity contribution in [1.29, 1.82) is 0 Å². The zero-order chi connectivity index (χ0) is 13.7. The third-order valence-corrected chi connectivity index (χ3v) is 4.37. The van der Waals surface area contributed by atoms with Gasteiger partial charge in [-0.1, -0.05) is 13.3 Å². The second-order valence-electron chi connectivity index (χ2n) is 5.84. The number of rotatable bonds is 7. The van der Waals surface area contributed by atoms with Crippen LogP contribution in [0.2, 0.25) is 0 Å². The minimum Gasteiger partial charge on any atom is -0.339 e. The smallest absolute Gasteiger partial charge is 0.236 e. The zero-order valence-electron chi connectivity index (χ0n) is 12.5. The lowest BCUT2D eigenvalue weighted by Gasteiger charge is -2.36. The molecule has 2 fully saturated rings. The van der Waals surface area contributed by atoms with Crippen LogP contribution in [-0.2, 0) is 4.79 Å². The Balaban J connectivity index is 1.85. The Kier molecular flexibility index (Phi) is 5.64. The van der Waals surface area contributed by atoms with Crippen LogP contribution in [0.15, 0.2) is 0 Å². The summed E-state index contributed by atoms with van der Waals surface area (Å²) in [6, 6.07) is 1.10. The molecule has 0 spiro atoms. The van der Waals surface area contributed by atoms with Crippen LogP contribution in [-0.4, -0.2) is 60.5 Å². The van der Waals surface area contributed by atoms with Gasteiger partial charge < -0.3 is 10.2 Å². The van der Waals surface area contributed by atoms with Crippen molar-refractivity contribution in [2.45, 2.75) is 58.0 Å². The maximum Gasteiger partial charge on any atom is 0.236 e. The highest BCUT2D eigenvalue weighted by molar-refractivity contribution is 5.79. The maximum absolute atomic E-state index is 12.4. The molecule has 1 saturated heterocycles. The van der Waals surface area contributed by atoms with E-state index in [1.54, 1.807) is 0 Å². The molecule has 1 unspecified atom stereocenters. The summed E-state index contributed by atoms with van der Waals surface area (Å²) >= 11 is 0. The highest BCUT2D eigenvalue weighted by Crippen LogP contribution is 2.27. The van der Waals surface area contributed by atoms with Gasteiger partial charge in [-0.25, -0.2) is 0 Å². The number of amides is 1. The lowest BCUT2D eigenvalue weighted by atomic mass is 10.0. The number of likely N-dealkylation sites (N-methyl/N-ethyl adjacent to an activating group) is 2. The molecule has 19 heavy (non-hydrogen) atoms. The first-order valence-corrected chi connectivity index (χ1v) is 8.00. The molecule has 1 heterocycles. The quantitative estimate of drug-likeness (QED) is 0.758. The molecule has 1 saturated carbocycles. The normalized spacial score (nSPS) is 24.4. The average Bonchev–Trinajstić information content (AvgIpc) is 3.23. The van der Waals surface area contributed by atoms with Crippen molar-refractivity contribution in [3.63, 3.8) is 0 Å². The lowest BCUT2D eigenvalue weighted by molar-refractivity contribution is -0.133. The minimum atomic E-state index is 0.341. The van der Waals surface area contributed by atoms with Gasteiger partial charge in [0.2, 0.25) is 5.91 Å². The fourth-order valence-electron chi connectivity index (χ4n) is 3.10. The first-order valence-electron chi connectivity index (χ1n) is 8.00. The number of likely N-dealkylation sites (tertiary alicyclic amines) is 1. The summed E-state index contributed by atoms with van der Waals surface area (Å²) in [5, 5.41) is 3.43. The van der Waals surface area contributed by atoms with Crippen molar-refractivity contribution in [3.8, 4) is 0 Å². The van der Waals surface area contributed by atoms with Crippen LogP contribution in [0, 0.1) is 0 Å². The summed E-state index contributed by atoms with van der Waals surface area (Å²) in [7, 11) is 0. The summed E-state index contributed by atoms with van der Waals surface area (Å²) < 4.78 is 0. The first-order chi connectivity index (χ1) is 9.26. The summed E-state index contributed by atoms with van der Waals surface area (Å²) in [4.78, 5) is 16.9. The lowest BCUT2D eigenvalue weighted by Crippen LogP contribution is -2.50. The zero-order valence-corrected chi connectivity index (χ0v) is 12.5. The number of hydrogen-bond donors (Lipinski definition) is 1. The molecule has 1 amide bonds. The third kappa shape index (κ3) is 4.18. The molecule has 4 nitrogen and oxygen atoms in total. The molecule has 2 rings (SSSR count). The van der Waals surface area contributed by atoms with E-state index in [-0.39, 0.29) is 0 Å². The topological polar surface area (TPSA) is 35.6 Å². The number of carbonyl (C=O) groups is 1. The molecule has 1 aliphatic heterocycles. The Hall–Kier alpha value is -0.610. The summed E-state index contributed by atoms with van der Waals surface area (Å²) in [5.74, 6) is 0.341. The molecule has 1 N–H and O–H groups in total. The van der Waals surface area contributed by atoms with Crippen molar-refractivity contribution in [1.82, 2.24) is 15.1 Å². The van der Waals surface area contributed by atoms with E-state index in [1.165, 1.54) is 32.1 Å². The van der Waals surface area contributed by atoms with Crippen molar-refractivity contribution in [3.05, 3.63) is 0 Å². The SMILES string of the molecule is CCNCC1CCCCN1CC(=O)N(CC)C1CC1. The Morgan fingerprint density at radius 2 is 2.05 bits per heavy atom. The molecule has 4 heteroatoms. The number of piperidine rings is 1. The van der Waals surface area contributed by atoms with Gasteiger partial charge in [-0.15, -0.1) is 0 Å². The fourth-order valence-corrected chi connectivity index (χ4v) is 3.10. The van der Waals surface area contributed by atoms with Crippen LogP contribution in [0.5, 0.6) is 0 Å². The summed E-state index contributed by atoms with van der Waals surface area (Å²) in [6.45, 7) is 8.87. The van der Waals surface area contributed by atoms with E-state index in [0.717, 1.165) is 26.2 Å². The molecule has 0 radical (unpaired) electrons. The number of nitrogens with one attached hydrogen (secondary N) is 1. The predicted octanol–water partition coefficient (Wildman–Crippen LogP) is 1.46. The van der Waals surface area contributed by atoms with E-state index < -0.39 is 0 Å². The van der Waals surface area contributed by atoms with E-state index >= 15 is 0 Å². The van der Waals surface area contributed by atoms with E-state index in [9.17, 15) is 4.79 Å². The van der Waals surface area contributed by atoms with Crippen molar-refractivity contribution < 1.29 is 4.79 Å². The Morgan fingerprint density at radius 1 is 1.26 bits per heavy atom. The standard InChI is InChI=1S/C15H29N3O/c1-3-16-11-14-7-5-6-10-17(14)12-15(19)18(4-2)13-8-9-13/h13-14,16H,3-12H2,1-2H3. The number of carbonyl (C=O) groups excluding carboxylic acids is 1. The third-order valence-electron chi connectivity index (χ3n) is 4.37. The van der Waals surface area contributed by atoms with E-state index in [1.807, 2.05) is 0 Å². The maximum atomic E-state index is 12.4. The van der Waals surface area contributed by atoms with Crippen LogP contribution < -0.4 is 5.32 Å². The predicted molar refractivity (Wildman–Crippen MR) is 78.2 cm³/mol. The Morgan fingerprint density at radius 3 is 2.68 bits per heavy atom. The number of hydrogen-bond acceptors (Lipinski definition) is 3. The molecule has 0 aromatic carbocycles. The second kappa shape index (κ2) is 7.25. The molecular formula is C15H29N3O. The van der Waals surface area contributed by atoms with Gasteiger partial charge in [0.15, 0.2) is 0 Å². The summed E-state index contributed by atoms with van der Waals surface area (Å²) in [5.41, 5.74) is 0. The molecule has 110 valence electrons. The van der Waals surface area contributed by atoms with Gasteiger partial charge in [-0.2, -0.15) is 0 Å². The van der Waals surface area contributed by atoms with E-state index in [4.69, 9.17) is 0 Å². The largest absolute Gasteiger partial charge is 0.339 e. The van der Waals surface area contributed by atoms with Crippen molar-refractivity contribution in [2.75, 3.05) is 32.7 Å². The number of nitrogens with zero attached hydrogens (tertiary/aromatic N) is 2. The van der Waals surface area contributed by atoms with Gasteiger partial charge >= 0.3 is 0 Å². The van der Waals surface area contributed by atoms with Crippen molar-refractivity contribution in [2.24, 2.45) is 0 Å². The second-order valence-corrected chi connectivity index (χ2v) is 5.84. The molecule has 0 bridgehead atoms. The first kappa shape index (κ1) is 14.8. The monoisotopic (exact) mass is 267 g/mol. The molecule has 1 atom stereocenters. The van der Waals surface area contributed by atoms with Crippen LogP contribution in [0.25, 0.3) is 0 Å². The van der Waals surface area contributed by atoms with Gasteiger partial charge in [-0.3, -0.25) is 9.69 Å². The fraction of sp³-hybridized carbons (Fsp3) is 0.933. The Labute approximate surface area is 117 Å². The van der Waals surface area contributed by atoms with Gasteiger partial charge in [0.1, 0.15) is 0 Å². The molecule has 1 aliphatic carbocycles. The molecule has 0 aromatic rings.